The number of benzene rings is 2. The summed E-state index contributed by atoms with van der Waals surface area (Å²) < 4.78 is 0. The first-order valence-corrected chi connectivity index (χ1v) is 8.91. The van der Waals surface area contributed by atoms with Crippen LogP contribution < -0.4 is 5.32 Å². The van der Waals surface area contributed by atoms with Crippen LogP contribution in [0.4, 0.5) is 5.69 Å². The Morgan fingerprint density at radius 2 is 1.92 bits per heavy atom. The third-order valence-electron chi connectivity index (χ3n) is 5.37. The zero-order valence-corrected chi connectivity index (χ0v) is 14.4. The van der Waals surface area contributed by atoms with Crippen LogP contribution in [0.25, 0.3) is 0 Å². The van der Waals surface area contributed by atoms with Crippen LogP contribution in [0.15, 0.2) is 42.5 Å². The lowest BCUT2D eigenvalue weighted by molar-refractivity contribution is -0.116. The first-order chi connectivity index (χ1) is 12.1. The van der Waals surface area contributed by atoms with Crippen LogP contribution in [-0.2, 0) is 17.6 Å². The summed E-state index contributed by atoms with van der Waals surface area (Å²) in [5.41, 5.74) is 5.20. The normalized spacial score (nSPS) is 18.8. The van der Waals surface area contributed by atoms with Crippen molar-refractivity contribution in [2.24, 2.45) is 0 Å². The van der Waals surface area contributed by atoms with Gasteiger partial charge in [0.05, 0.1) is 6.04 Å². The molecule has 0 saturated heterocycles. The van der Waals surface area contributed by atoms with Gasteiger partial charge in [0.25, 0.3) is 5.91 Å². The van der Waals surface area contributed by atoms with Gasteiger partial charge in [0, 0.05) is 24.7 Å². The van der Waals surface area contributed by atoms with Gasteiger partial charge in [-0.3, -0.25) is 9.59 Å². The first kappa shape index (κ1) is 15.9. The van der Waals surface area contributed by atoms with Crippen molar-refractivity contribution < 1.29 is 9.59 Å². The molecule has 0 unspecified atom stereocenters. The number of fused-ring (bicyclic) bond motifs is 2. The zero-order valence-electron chi connectivity index (χ0n) is 14.4. The van der Waals surface area contributed by atoms with E-state index in [1.807, 2.05) is 30.1 Å². The lowest BCUT2D eigenvalue weighted by atomic mass is 9.86. The fourth-order valence-electron chi connectivity index (χ4n) is 3.99. The summed E-state index contributed by atoms with van der Waals surface area (Å²) in [6.45, 7) is 0. The number of amides is 2. The molecule has 1 atom stereocenters. The lowest BCUT2D eigenvalue weighted by Crippen LogP contribution is -2.33. The van der Waals surface area contributed by atoms with Crippen LogP contribution in [0.3, 0.4) is 0 Å². The van der Waals surface area contributed by atoms with E-state index < -0.39 is 0 Å². The predicted octanol–water partition coefficient (Wildman–Crippen LogP) is 3.72. The molecule has 0 bridgehead atoms. The van der Waals surface area contributed by atoms with Crippen LogP contribution >= 0.6 is 0 Å². The molecule has 4 nitrogen and oxygen atoms in total. The second-order valence-electron chi connectivity index (χ2n) is 6.94. The highest BCUT2D eigenvalue weighted by molar-refractivity contribution is 5.98. The van der Waals surface area contributed by atoms with E-state index in [1.54, 1.807) is 0 Å². The van der Waals surface area contributed by atoms with Gasteiger partial charge in [-0.15, -0.1) is 0 Å². The average Bonchev–Trinajstić information content (AvgIpc) is 2.66. The van der Waals surface area contributed by atoms with Crippen LogP contribution in [-0.4, -0.2) is 23.8 Å². The minimum atomic E-state index is 0.0430. The van der Waals surface area contributed by atoms with Crippen molar-refractivity contribution >= 4 is 17.5 Å². The molecular formula is C21H22N2O2. The monoisotopic (exact) mass is 334 g/mol. The molecule has 1 aliphatic carbocycles. The molecule has 2 aromatic carbocycles. The Morgan fingerprint density at radius 3 is 2.80 bits per heavy atom. The van der Waals surface area contributed by atoms with E-state index in [-0.39, 0.29) is 17.9 Å². The highest BCUT2D eigenvalue weighted by Crippen LogP contribution is 2.34. The Bertz CT molecular complexity index is 844. The summed E-state index contributed by atoms with van der Waals surface area (Å²) in [5.74, 6) is 0.0870. The number of carbonyl (C=O) groups excluding carboxylic acids is 2. The van der Waals surface area contributed by atoms with Crippen LogP contribution in [0, 0.1) is 0 Å². The molecule has 4 rings (SSSR count). The van der Waals surface area contributed by atoms with Gasteiger partial charge in [-0.2, -0.15) is 0 Å². The standard InChI is InChI=1S/C21H22N2O2/c1-23(19-8-4-6-14-5-2-3-7-17(14)19)21(25)16-9-11-18-15(13-16)10-12-20(24)22-18/h2-3,5,7,9,11,13,19H,4,6,8,10,12H2,1H3,(H,22,24)/t19-/m1/s1. The van der Waals surface area contributed by atoms with E-state index >= 15 is 0 Å². The first-order valence-electron chi connectivity index (χ1n) is 8.91. The quantitative estimate of drug-likeness (QED) is 0.910. The molecule has 2 aromatic rings. The Balaban J connectivity index is 1.60. The summed E-state index contributed by atoms with van der Waals surface area (Å²) in [6.07, 6.45) is 4.37. The number of nitrogens with one attached hydrogen (secondary N) is 1. The number of aryl methyl sites for hydroxylation is 2. The fourth-order valence-corrected chi connectivity index (χ4v) is 3.99. The number of carbonyl (C=O) groups is 2. The summed E-state index contributed by atoms with van der Waals surface area (Å²) in [5, 5.41) is 2.87. The highest BCUT2D eigenvalue weighted by atomic mass is 16.2. The maximum absolute atomic E-state index is 13.0. The number of rotatable bonds is 2. The van der Waals surface area contributed by atoms with Gasteiger partial charge in [-0.1, -0.05) is 24.3 Å². The maximum atomic E-state index is 13.0. The SMILES string of the molecule is CN(C(=O)c1ccc2c(c1)CCC(=O)N2)[C@@H]1CCCc2ccccc21. The van der Waals surface area contributed by atoms with Crippen LogP contribution in [0.2, 0.25) is 0 Å². The van der Waals surface area contributed by atoms with E-state index in [0.717, 1.165) is 30.5 Å². The molecule has 2 aliphatic rings. The van der Waals surface area contributed by atoms with E-state index in [9.17, 15) is 9.59 Å². The topological polar surface area (TPSA) is 49.4 Å². The molecule has 4 heteroatoms. The van der Waals surface area contributed by atoms with Gasteiger partial charge < -0.3 is 10.2 Å². The minimum Gasteiger partial charge on any atom is -0.335 e. The average molecular weight is 334 g/mol. The molecule has 128 valence electrons. The Morgan fingerprint density at radius 1 is 1.08 bits per heavy atom. The molecule has 0 fully saturated rings. The fraction of sp³-hybridized carbons (Fsp3) is 0.333. The van der Waals surface area contributed by atoms with Gasteiger partial charge in [0.1, 0.15) is 0 Å². The highest BCUT2D eigenvalue weighted by Gasteiger charge is 2.27. The molecule has 25 heavy (non-hydrogen) atoms. The Hall–Kier alpha value is -2.62. The second kappa shape index (κ2) is 6.36. The van der Waals surface area contributed by atoms with Gasteiger partial charge in [0.2, 0.25) is 5.91 Å². The molecule has 0 radical (unpaired) electrons. The van der Waals surface area contributed by atoms with Gasteiger partial charge in [0.15, 0.2) is 0 Å². The molecule has 1 heterocycles. The van der Waals surface area contributed by atoms with E-state index in [4.69, 9.17) is 0 Å². The van der Waals surface area contributed by atoms with E-state index in [1.165, 1.54) is 11.1 Å². The Kier molecular flexibility index (Phi) is 4.04. The van der Waals surface area contributed by atoms with Crippen LogP contribution in [0.1, 0.15) is 52.4 Å². The Labute approximate surface area is 147 Å². The molecule has 0 saturated carbocycles. The van der Waals surface area contributed by atoms with Crippen molar-refractivity contribution in [2.75, 3.05) is 12.4 Å². The van der Waals surface area contributed by atoms with E-state index in [2.05, 4.69) is 29.6 Å². The van der Waals surface area contributed by atoms with E-state index in [0.29, 0.717) is 18.4 Å². The summed E-state index contributed by atoms with van der Waals surface area (Å²) >= 11 is 0. The lowest BCUT2D eigenvalue weighted by Gasteiger charge is -2.33. The zero-order chi connectivity index (χ0) is 17.4. The van der Waals surface area contributed by atoms with Crippen molar-refractivity contribution in [3.05, 3.63) is 64.7 Å². The van der Waals surface area contributed by atoms with Crippen LogP contribution in [0.5, 0.6) is 0 Å². The molecule has 1 aliphatic heterocycles. The second-order valence-corrected chi connectivity index (χ2v) is 6.94. The number of hydrogen-bond acceptors (Lipinski definition) is 2. The largest absolute Gasteiger partial charge is 0.335 e. The smallest absolute Gasteiger partial charge is 0.254 e. The van der Waals surface area contributed by atoms with Crippen molar-refractivity contribution in [3.8, 4) is 0 Å². The minimum absolute atomic E-state index is 0.0430. The van der Waals surface area contributed by atoms with Gasteiger partial charge >= 0.3 is 0 Å². The molecule has 2 amide bonds. The predicted molar refractivity (Wildman–Crippen MR) is 97.6 cm³/mol. The summed E-state index contributed by atoms with van der Waals surface area (Å²) in [4.78, 5) is 26.4. The number of anilines is 1. The molecular weight excluding hydrogens is 312 g/mol. The van der Waals surface area contributed by atoms with Crippen molar-refractivity contribution in [1.82, 2.24) is 4.90 Å². The summed E-state index contributed by atoms with van der Waals surface area (Å²) in [6, 6.07) is 14.2. The third kappa shape index (κ3) is 2.93. The van der Waals surface area contributed by atoms with Gasteiger partial charge in [-0.25, -0.2) is 0 Å². The molecule has 0 spiro atoms. The molecule has 0 aromatic heterocycles. The molecule has 1 N–H and O–H groups in total. The third-order valence-corrected chi connectivity index (χ3v) is 5.37. The van der Waals surface area contributed by atoms with Gasteiger partial charge in [-0.05, 0) is 60.6 Å². The summed E-state index contributed by atoms with van der Waals surface area (Å²) in [7, 11) is 1.90. The number of hydrogen-bond donors (Lipinski definition) is 1. The van der Waals surface area contributed by atoms with Crippen molar-refractivity contribution in [1.29, 1.82) is 0 Å². The maximum Gasteiger partial charge on any atom is 0.254 e. The van der Waals surface area contributed by atoms with Crippen molar-refractivity contribution in [3.63, 3.8) is 0 Å². The van der Waals surface area contributed by atoms with Crippen molar-refractivity contribution in [2.45, 2.75) is 38.1 Å². The number of nitrogens with zero attached hydrogens (tertiary/aromatic N) is 1.